The molecule has 1 aromatic rings. The van der Waals surface area contributed by atoms with Crippen LogP contribution in [0.5, 0.6) is 0 Å². The van der Waals surface area contributed by atoms with Crippen molar-refractivity contribution in [2.45, 2.75) is 26.3 Å². The van der Waals surface area contributed by atoms with Crippen LogP contribution in [0, 0.1) is 0 Å². The highest BCUT2D eigenvalue weighted by atomic mass is 32.1. The van der Waals surface area contributed by atoms with Crippen molar-refractivity contribution in [1.82, 2.24) is 9.80 Å². The number of carboxylic acid groups (broad SMARTS) is 1. The maximum atomic E-state index is 12.4. The average molecular weight is 282 g/mol. The Morgan fingerprint density at radius 2 is 2.32 bits per heavy atom. The maximum Gasteiger partial charge on any atom is 0.323 e. The molecule has 19 heavy (non-hydrogen) atoms. The van der Waals surface area contributed by atoms with Crippen molar-refractivity contribution in [3.8, 4) is 0 Å². The van der Waals surface area contributed by atoms with Crippen LogP contribution in [0.3, 0.4) is 0 Å². The zero-order valence-corrected chi connectivity index (χ0v) is 11.9. The van der Waals surface area contributed by atoms with Crippen molar-refractivity contribution in [1.29, 1.82) is 0 Å². The van der Waals surface area contributed by atoms with Gasteiger partial charge >= 0.3 is 12.0 Å². The predicted octanol–water partition coefficient (Wildman–Crippen LogP) is 2.19. The normalized spacial score (nSPS) is 18.0. The number of fused-ring (bicyclic) bond motifs is 1. The van der Waals surface area contributed by atoms with E-state index in [2.05, 4.69) is 6.07 Å². The van der Waals surface area contributed by atoms with Gasteiger partial charge in [-0.05, 0) is 37.3 Å². The van der Waals surface area contributed by atoms with E-state index in [1.54, 1.807) is 23.2 Å². The maximum absolute atomic E-state index is 12.4. The van der Waals surface area contributed by atoms with Crippen LogP contribution in [0.4, 0.5) is 4.79 Å². The SMILES string of the molecule is CCN(CC(=O)O)C(=O)N1CCc2sccc2C1C. The van der Waals surface area contributed by atoms with Crippen molar-refractivity contribution >= 4 is 23.3 Å². The third-order valence-electron chi connectivity index (χ3n) is 3.50. The first-order valence-corrected chi connectivity index (χ1v) is 7.26. The molecule has 1 aliphatic rings. The second-order valence-electron chi connectivity index (χ2n) is 4.61. The first-order chi connectivity index (χ1) is 9.04. The summed E-state index contributed by atoms with van der Waals surface area (Å²) in [6.45, 7) is 4.62. The lowest BCUT2D eigenvalue weighted by atomic mass is 10.0. The van der Waals surface area contributed by atoms with Crippen LogP contribution < -0.4 is 0 Å². The fourth-order valence-corrected chi connectivity index (χ4v) is 3.39. The quantitative estimate of drug-likeness (QED) is 0.924. The molecule has 1 aromatic heterocycles. The number of carbonyl (C=O) groups excluding carboxylic acids is 1. The molecular formula is C13H18N2O3S. The van der Waals surface area contributed by atoms with Gasteiger partial charge in [-0.3, -0.25) is 4.79 Å². The van der Waals surface area contributed by atoms with E-state index in [-0.39, 0.29) is 18.6 Å². The van der Waals surface area contributed by atoms with Crippen LogP contribution in [0.1, 0.15) is 30.3 Å². The van der Waals surface area contributed by atoms with E-state index in [9.17, 15) is 9.59 Å². The third-order valence-corrected chi connectivity index (χ3v) is 4.50. The molecule has 1 unspecified atom stereocenters. The Kier molecular flexibility index (Phi) is 4.09. The summed E-state index contributed by atoms with van der Waals surface area (Å²) < 4.78 is 0. The van der Waals surface area contributed by atoms with Gasteiger partial charge in [-0.25, -0.2) is 4.79 Å². The average Bonchev–Trinajstić information content (AvgIpc) is 2.84. The topological polar surface area (TPSA) is 60.9 Å². The zero-order valence-electron chi connectivity index (χ0n) is 11.1. The number of hydrogen-bond donors (Lipinski definition) is 1. The first-order valence-electron chi connectivity index (χ1n) is 6.38. The van der Waals surface area contributed by atoms with E-state index in [0.29, 0.717) is 13.1 Å². The van der Waals surface area contributed by atoms with E-state index < -0.39 is 5.97 Å². The molecule has 0 saturated carbocycles. The smallest absolute Gasteiger partial charge is 0.323 e. The number of nitrogens with zero attached hydrogens (tertiary/aromatic N) is 2. The van der Waals surface area contributed by atoms with Gasteiger partial charge in [0, 0.05) is 18.0 Å². The monoisotopic (exact) mass is 282 g/mol. The highest BCUT2D eigenvalue weighted by Gasteiger charge is 2.31. The Hall–Kier alpha value is -1.56. The standard InChI is InChI=1S/C13H18N2O3S/c1-3-14(8-12(16)17)13(18)15-6-4-11-10(9(15)2)5-7-19-11/h5,7,9H,3-4,6,8H2,1-2H3,(H,16,17). The number of urea groups is 1. The van der Waals surface area contributed by atoms with Crippen LogP contribution in [0.15, 0.2) is 11.4 Å². The summed E-state index contributed by atoms with van der Waals surface area (Å²) in [4.78, 5) is 27.7. The molecule has 104 valence electrons. The summed E-state index contributed by atoms with van der Waals surface area (Å²) >= 11 is 1.72. The lowest BCUT2D eigenvalue weighted by molar-refractivity contribution is -0.137. The largest absolute Gasteiger partial charge is 0.480 e. The van der Waals surface area contributed by atoms with Gasteiger partial charge in [0.15, 0.2) is 0 Å². The van der Waals surface area contributed by atoms with Crippen molar-refractivity contribution in [3.63, 3.8) is 0 Å². The molecule has 0 spiro atoms. The van der Waals surface area contributed by atoms with Gasteiger partial charge in [0.25, 0.3) is 0 Å². The molecule has 0 bridgehead atoms. The summed E-state index contributed by atoms with van der Waals surface area (Å²) in [5, 5.41) is 10.9. The Balaban J connectivity index is 2.14. The second-order valence-corrected chi connectivity index (χ2v) is 5.61. The minimum atomic E-state index is -0.976. The summed E-state index contributed by atoms with van der Waals surface area (Å²) in [6.07, 6.45) is 0.855. The van der Waals surface area contributed by atoms with Crippen molar-refractivity contribution in [2.24, 2.45) is 0 Å². The highest BCUT2D eigenvalue weighted by molar-refractivity contribution is 7.10. The van der Waals surface area contributed by atoms with Crippen molar-refractivity contribution in [2.75, 3.05) is 19.6 Å². The second kappa shape index (κ2) is 5.61. The Labute approximate surface area is 116 Å². The van der Waals surface area contributed by atoms with E-state index in [4.69, 9.17) is 5.11 Å². The third kappa shape index (κ3) is 2.73. The molecule has 0 fully saturated rings. The number of carbonyl (C=O) groups is 2. The molecular weight excluding hydrogens is 264 g/mol. The van der Waals surface area contributed by atoms with Gasteiger partial charge in [-0.2, -0.15) is 0 Å². The summed E-state index contributed by atoms with van der Waals surface area (Å²) in [5.41, 5.74) is 1.19. The molecule has 2 heterocycles. The van der Waals surface area contributed by atoms with E-state index in [1.807, 2.05) is 12.3 Å². The van der Waals surface area contributed by atoms with Gasteiger partial charge < -0.3 is 14.9 Å². The van der Waals surface area contributed by atoms with Gasteiger partial charge in [-0.15, -0.1) is 11.3 Å². The van der Waals surface area contributed by atoms with E-state index in [1.165, 1.54) is 15.3 Å². The number of aliphatic carboxylic acids is 1. The van der Waals surface area contributed by atoms with Gasteiger partial charge in [-0.1, -0.05) is 0 Å². The highest BCUT2D eigenvalue weighted by Crippen LogP contribution is 2.33. The minimum Gasteiger partial charge on any atom is -0.480 e. The van der Waals surface area contributed by atoms with Gasteiger partial charge in [0.05, 0.1) is 6.04 Å². The molecule has 0 aromatic carbocycles. The number of amides is 2. The number of thiophene rings is 1. The Bertz CT molecular complexity index is 486. The predicted molar refractivity (Wildman–Crippen MR) is 73.4 cm³/mol. The fraction of sp³-hybridized carbons (Fsp3) is 0.538. The van der Waals surface area contributed by atoms with Crippen LogP contribution in [-0.4, -0.2) is 46.5 Å². The number of rotatable bonds is 3. The zero-order chi connectivity index (χ0) is 14.0. The molecule has 6 heteroatoms. The summed E-state index contributed by atoms with van der Waals surface area (Å²) in [7, 11) is 0. The van der Waals surface area contributed by atoms with Crippen LogP contribution in [0.25, 0.3) is 0 Å². The molecule has 1 N–H and O–H groups in total. The minimum absolute atomic E-state index is 0.0188. The van der Waals surface area contributed by atoms with Gasteiger partial charge in [0.1, 0.15) is 6.54 Å². The lowest BCUT2D eigenvalue weighted by Crippen LogP contribution is -2.48. The number of carboxylic acids is 1. The van der Waals surface area contributed by atoms with Crippen LogP contribution in [0.2, 0.25) is 0 Å². The van der Waals surface area contributed by atoms with Crippen LogP contribution >= 0.6 is 11.3 Å². The Morgan fingerprint density at radius 3 is 2.95 bits per heavy atom. The molecule has 0 aliphatic carbocycles. The molecule has 2 amide bonds. The molecule has 0 radical (unpaired) electrons. The molecule has 2 rings (SSSR count). The number of likely N-dealkylation sites (N-methyl/N-ethyl adjacent to an activating group) is 1. The van der Waals surface area contributed by atoms with Gasteiger partial charge in [0.2, 0.25) is 0 Å². The summed E-state index contributed by atoms with van der Waals surface area (Å²) in [6, 6.07) is 1.89. The molecule has 5 nitrogen and oxygen atoms in total. The summed E-state index contributed by atoms with van der Waals surface area (Å²) in [5.74, 6) is -0.976. The Morgan fingerprint density at radius 1 is 1.58 bits per heavy atom. The number of hydrogen-bond acceptors (Lipinski definition) is 3. The molecule has 1 aliphatic heterocycles. The first kappa shape index (κ1) is 13.9. The fourth-order valence-electron chi connectivity index (χ4n) is 2.43. The lowest BCUT2D eigenvalue weighted by Gasteiger charge is -2.36. The van der Waals surface area contributed by atoms with Crippen molar-refractivity contribution in [3.05, 3.63) is 21.9 Å². The van der Waals surface area contributed by atoms with Crippen LogP contribution in [-0.2, 0) is 11.2 Å². The van der Waals surface area contributed by atoms with Crippen molar-refractivity contribution < 1.29 is 14.7 Å². The molecule has 1 atom stereocenters. The van der Waals surface area contributed by atoms with E-state index >= 15 is 0 Å². The van der Waals surface area contributed by atoms with E-state index in [0.717, 1.165) is 6.42 Å². The molecule has 0 saturated heterocycles.